The summed E-state index contributed by atoms with van der Waals surface area (Å²) >= 11 is 0. The van der Waals surface area contributed by atoms with E-state index in [1.807, 2.05) is 167 Å². The van der Waals surface area contributed by atoms with Gasteiger partial charge in [-0.1, -0.05) is 146 Å². The number of likely N-dealkylation sites (tertiary alicyclic amines) is 3. The fourth-order valence-corrected chi connectivity index (χ4v) is 7.83. The highest BCUT2D eigenvalue weighted by atomic mass is 16.5. The number of aliphatic hydroxyl groups excluding tert-OH is 1. The molecular weight excluding hydrogens is 905 g/mol. The van der Waals surface area contributed by atoms with Crippen LogP contribution in [0.2, 0.25) is 6.82 Å². The summed E-state index contributed by atoms with van der Waals surface area (Å²) in [6, 6.07) is 27.6. The smallest absolute Gasteiger partial charge is 0.448 e. The molecule has 16 heteroatoms. The highest BCUT2D eigenvalue weighted by Gasteiger charge is 2.49. The second-order valence-corrected chi connectivity index (χ2v) is 16.1. The van der Waals surface area contributed by atoms with Crippen molar-refractivity contribution in [3.63, 3.8) is 0 Å². The molecule has 0 aliphatic carbocycles. The molecule has 400 valence electrons. The van der Waals surface area contributed by atoms with Gasteiger partial charge < -0.3 is 44.1 Å². The maximum absolute atomic E-state index is 12.6. The Bertz CT molecular complexity index is 1740. The van der Waals surface area contributed by atoms with Crippen LogP contribution in [0, 0.1) is 0 Å². The van der Waals surface area contributed by atoms with E-state index in [2.05, 4.69) is 0 Å². The van der Waals surface area contributed by atoms with E-state index in [1.54, 1.807) is 35.5 Å². The lowest BCUT2D eigenvalue weighted by molar-refractivity contribution is -0.151. The number of aliphatic hydroxyl groups is 1. The van der Waals surface area contributed by atoms with Gasteiger partial charge in [0.1, 0.15) is 18.1 Å². The lowest BCUT2D eigenvalue weighted by Gasteiger charge is -2.26. The molecule has 15 nitrogen and oxygen atoms in total. The Hall–Kier alpha value is -5.58. The van der Waals surface area contributed by atoms with Crippen molar-refractivity contribution in [2.24, 2.45) is 0 Å². The minimum atomic E-state index is -1.17. The van der Waals surface area contributed by atoms with E-state index < -0.39 is 41.5 Å². The largest absolute Gasteiger partial charge is 0.467 e. The molecule has 3 heterocycles. The van der Waals surface area contributed by atoms with Gasteiger partial charge in [0.25, 0.3) is 0 Å². The molecule has 0 aromatic heterocycles. The number of rotatable bonds is 9. The summed E-state index contributed by atoms with van der Waals surface area (Å²) in [6.45, 7) is 30.0. The maximum Gasteiger partial charge on any atom is 0.448 e. The van der Waals surface area contributed by atoms with Gasteiger partial charge >= 0.3 is 25.0 Å². The Balaban J connectivity index is -0.000000864. The first kappa shape index (κ1) is 69.7. The Morgan fingerprint density at radius 2 is 0.634 bits per heavy atom. The Kier molecular flexibility index (Phi) is 35.7. The highest BCUT2D eigenvalue weighted by Crippen LogP contribution is 2.38. The van der Waals surface area contributed by atoms with Gasteiger partial charge in [0.15, 0.2) is 0 Å². The maximum atomic E-state index is 12.6. The fraction of sp³-hybridized carbons (Fsp3) is 0.564. The van der Waals surface area contributed by atoms with Crippen molar-refractivity contribution in [2.45, 2.75) is 157 Å². The molecule has 3 aromatic carbocycles. The zero-order valence-corrected chi connectivity index (χ0v) is 46.6. The van der Waals surface area contributed by atoms with Crippen LogP contribution in [0.1, 0.15) is 133 Å². The van der Waals surface area contributed by atoms with Gasteiger partial charge in [0.2, 0.25) is 17.7 Å². The number of benzene rings is 3. The number of methoxy groups -OCH3 is 3. The highest BCUT2D eigenvalue weighted by molar-refractivity contribution is 6.38. The topological polar surface area (TPSA) is 201 Å². The van der Waals surface area contributed by atoms with Gasteiger partial charge in [-0.2, -0.15) is 0 Å². The van der Waals surface area contributed by atoms with Crippen molar-refractivity contribution in [1.29, 1.82) is 0 Å². The van der Waals surface area contributed by atoms with Crippen molar-refractivity contribution >= 4 is 42.7 Å². The fourth-order valence-electron chi connectivity index (χ4n) is 7.83. The molecule has 3 saturated heterocycles. The molecule has 3 aliphatic heterocycles. The number of carbonyl (C=O) groups excluding carboxylic acids is 6. The lowest BCUT2D eigenvalue weighted by Crippen LogP contribution is -2.44. The molecule has 3 aliphatic rings. The molecule has 3 aromatic rings. The van der Waals surface area contributed by atoms with Gasteiger partial charge in [-0.15, -0.1) is 0 Å². The summed E-state index contributed by atoms with van der Waals surface area (Å²) in [7, 11) is 3.86. The SMILES string of the molecule is CB(O)O.CC.CC.CC.CC.CO.COC(=O)[C@@H](C)N1CCC(C)(c2ccccc2)C1=O.COC(=O)[C@@H](C)N1CCC(C)(c2ccccc2)C1=O.COC(=O)[C@@H](C)N1CCC(C)(c2ccccc2)C1=O. The van der Waals surface area contributed by atoms with E-state index in [9.17, 15) is 28.8 Å². The number of ether oxygens (including phenoxy) is 3. The van der Waals surface area contributed by atoms with Crippen molar-refractivity contribution < 1.29 is 58.1 Å². The van der Waals surface area contributed by atoms with E-state index in [-0.39, 0.29) is 35.6 Å². The normalized spacial score (nSPS) is 20.4. The zero-order chi connectivity index (χ0) is 55.7. The second kappa shape index (κ2) is 36.4. The van der Waals surface area contributed by atoms with Crippen molar-refractivity contribution in [3.05, 3.63) is 108 Å². The first-order valence-electron chi connectivity index (χ1n) is 24.9. The van der Waals surface area contributed by atoms with Crippen LogP contribution in [0.25, 0.3) is 0 Å². The third-order valence-electron chi connectivity index (χ3n) is 12.0. The van der Waals surface area contributed by atoms with E-state index in [0.717, 1.165) is 43.1 Å². The van der Waals surface area contributed by atoms with Crippen LogP contribution < -0.4 is 0 Å². The quantitative estimate of drug-likeness (QED) is 0.106. The van der Waals surface area contributed by atoms with Crippen LogP contribution in [0.15, 0.2) is 91.0 Å². The first-order valence-corrected chi connectivity index (χ1v) is 24.9. The molecule has 0 saturated carbocycles. The summed E-state index contributed by atoms with van der Waals surface area (Å²) in [5.74, 6) is -1.12. The average molecular weight is 996 g/mol. The van der Waals surface area contributed by atoms with Crippen molar-refractivity contribution in [1.82, 2.24) is 14.7 Å². The van der Waals surface area contributed by atoms with E-state index in [0.29, 0.717) is 19.6 Å². The number of carbonyl (C=O) groups is 6. The van der Waals surface area contributed by atoms with Crippen LogP contribution in [0.3, 0.4) is 0 Å². The van der Waals surface area contributed by atoms with Gasteiger partial charge in [-0.25, -0.2) is 14.4 Å². The molecule has 3 fully saturated rings. The third kappa shape index (κ3) is 19.2. The Morgan fingerprint density at radius 3 is 0.789 bits per heavy atom. The van der Waals surface area contributed by atoms with Gasteiger partial charge in [-0.05, 0) is 84.3 Å². The van der Waals surface area contributed by atoms with Crippen LogP contribution in [0.5, 0.6) is 0 Å². The number of hydrogen-bond donors (Lipinski definition) is 3. The minimum Gasteiger partial charge on any atom is -0.467 e. The van der Waals surface area contributed by atoms with Gasteiger partial charge in [0, 0.05) is 26.7 Å². The third-order valence-corrected chi connectivity index (χ3v) is 12.0. The molecule has 0 radical (unpaired) electrons. The molecule has 0 bridgehead atoms. The monoisotopic (exact) mass is 996 g/mol. The number of esters is 3. The molecule has 71 heavy (non-hydrogen) atoms. The summed E-state index contributed by atoms with van der Waals surface area (Å²) in [5, 5.41) is 22.2. The van der Waals surface area contributed by atoms with E-state index in [1.165, 1.54) is 28.2 Å². The van der Waals surface area contributed by atoms with Gasteiger partial charge in [0.05, 0.1) is 37.6 Å². The summed E-state index contributed by atoms with van der Waals surface area (Å²) in [4.78, 5) is 77.4. The number of amides is 3. The molecule has 0 spiro atoms. The van der Waals surface area contributed by atoms with Crippen LogP contribution >= 0.6 is 0 Å². The van der Waals surface area contributed by atoms with Crippen LogP contribution in [0.4, 0.5) is 0 Å². The van der Waals surface area contributed by atoms with E-state index >= 15 is 0 Å². The predicted octanol–water partition coefficient (Wildman–Crippen LogP) is 8.02. The first-order chi connectivity index (χ1) is 33.7. The molecule has 3 amide bonds. The zero-order valence-electron chi connectivity index (χ0n) is 46.6. The number of nitrogens with zero attached hydrogens (tertiary/aromatic N) is 3. The second-order valence-electron chi connectivity index (χ2n) is 16.1. The molecular formula is C55H90BN3O12. The summed E-state index contributed by atoms with van der Waals surface area (Å²) in [5.41, 5.74) is 1.38. The standard InChI is InChI=1S/3C15H19NO3.4C2H6.CH5BO2.CH4O/c3*1-11(13(17)19-3)16-10-9-15(2,14(16)18)12-7-5-4-6-8-12;4*1-2;1-2(3)4;1-2/h3*4-8,11H,9-10H2,1-3H3;4*1-2H3;3-4H,1H3;2H,1H3/t3*11-,15?;;;;;;/m111....../s1. The molecule has 6 atom stereocenters. The van der Waals surface area contributed by atoms with Crippen LogP contribution in [-0.4, -0.2) is 139 Å². The van der Waals surface area contributed by atoms with Crippen LogP contribution in [-0.2, 0) is 59.2 Å². The Labute approximate surface area is 427 Å². The molecule has 6 rings (SSSR count). The van der Waals surface area contributed by atoms with Gasteiger partial charge in [-0.3, -0.25) is 14.4 Å². The van der Waals surface area contributed by atoms with E-state index in [4.69, 9.17) is 29.4 Å². The lowest BCUT2D eigenvalue weighted by atomic mass is 9.81. The molecule has 3 N–H and O–H groups in total. The van der Waals surface area contributed by atoms with Crippen molar-refractivity contribution in [3.8, 4) is 0 Å². The predicted molar refractivity (Wildman–Crippen MR) is 284 cm³/mol. The molecule has 3 unspecified atom stereocenters. The Morgan fingerprint density at radius 1 is 0.465 bits per heavy atom. The summed E-state index contributed by atoms with van der Waals surface area (Å²) < 4.78 is 14.1. The van der Waals surface area contributed by atoms with Crippen molar-refractivity contribution in [2.75, 3.05) is 48.1 Å². The average Bonchev–Trinajstić information content (AvgIpc) is 4.03. The number of hydrogen-bond acceptors (Lipinski definition) is 12. The summed E-state index contributed by atoms with van der Waals surface area (Å²) in [6.07, 6.45) is 2.16. The minimum absolute atomic E-state index is 0.00315.